The third kappa shape index (κ3) is 23.5. The first-order chi connectivity index (χ1) is 12.3. The molecule has 0 aromatic rings. The average molecular weight is 405 g/mol. The summed E-state index contributed by atoms with van der Waals surface area (Å²) >= 11 is 0. The molecule has 0 aliphatic rings. The van der Waals surface area contributed by atoms with Gasteiger partial charge in [-0.15, -0.1) is 0 Å². The largest absolute Gasteiger partial charge is 0.478 e. The lowest BCUT2D eigenvalue weighted by molar-refractivity contribution is -0.133. The van der Waals surface area contributed by atoms with Crippen molar-refractivity contribution in [3.63, 3.8) is 0 Å². The number of aliphatic carboxylic acids is 3. The molecule has 0 radical (unpaired) electrons. The van der Waals surface area contributed by atoms with E-state index in [1.54, 1.807) is 0 Å². The summed E-state index contributed by atoms with van der Waals surface area (Å²) in [7, 11) is 0. The van der Waals surface area contributed by atoms with Crippen molar-refractivity contribution in [2.45, 2.75) is 54.6 Å². The number of carboxylic acid groups (broad SMARTS) is 3. The molecule has 8 heteroatoms. The van der Waals surface area contributed by atoms with Crippen molar-refractivity contribution in [3.8, 4) is 0 Å². The highest BCUT2D eigenvalue weighted by Crippen LogP contribution is 2.24. The summed E-state index contributed by atoms with van der Waals surface area (Å²) in [5, 5.41) is 42.0. The van der Waals surface area contributed by atoms with Gasteiger partial charge >= 0.3 is 17.9 Å². The van der Waals surface area contributed by atoms with Gasteiger partial charge in [-0.05, 0) is 26.7 Å². The van der Waals surface area contributed by atoms with E-state index in [0.29, 0.717) is 0 Å². The van der Waals surface area contributed by atoms with Crippen molar-refractivity contribution in [1.29, 1.82) is 0 Å². The van der Waals surface area contributed by atoms with E-state index < -0.39 is 24.0 Å². The molecule has 0 rings (SSSR count). The maximum absolute atomic E-state index is 9.60. The van der Waals surface area contributed by atoms with E-state index in [9.17, 15) is 19.5 Å². The van der Waals surface area contributed by atoms with E-state index in [0.717, 1.165) is 0 Å². The second kappa shape index (κ2) is 16.7. The lowest BCUT2D eigenvalue weighted by atomic mass is 9.82. The van der Waals surface area contributed by atoms with Crippen molar-refractivity contribution < 1.29 is 39.9 Å². The second-order valence-electron chi connectivity index (χ2n) is 7.09. The summed E-state index contributed by atoms with van der Waals surface area (Å²) in [4.78, 5) is 28.8. The number of rotatable bonds is 6. The molecular weight excluding hydrogens is 368 g/mol. The van der Waals surface area contributed by atoms with Crippen LogP contribution in [-0.4, -0.2) is 56.2 Å². The van der Waals surface area contributed by atoms with Gasteiger partial charge < -0.3 is 25.5 Å². The molecule has 164 valence electrons. The smallest absolute Gasteiger partial charge is 0.330 e. The van der Waals surface area contributed by atoms with E-state index in [4.69, 9.17) is 20.4 Å². The Kier molecular flexibility index (Phi) is 19.8. The Hall–Kier alpha value is -2.45. The molecule has 0 aliphatic carbocycles. The lowest BCUT2D eigenvalue weighted by Crippen LogP contribution is -2.36. The second-order valence-corrected chi connectivity index (χ2v) is 7.09. The summed E-state index contributed by atoms with van der Waals surface area (Å²) in [5.74, 6) is -2.60. The van der Waals surface area contributed by atoms with Gasteiger partial charge in [-0.2, -0.15) is 0 Å². The topological polar surface area (TPSA) is 152 Å². The van der Waals surface area contributed by atoms with Gasteiger partial charge in [-0.25, -0.2) is 14.4 Å². The first-order valence-corrected chi connectivity index (χ1v) is 8.30. The van der Waals surface area contributed by atoms with Crippen LogP contribution in [0.2, 0.25) is 0 Å². The minimum atomic E-state index is -0.935. The first-order valence-electron chi connectivity index (χ1n) is 8.30. The normalized spacial score (nSPS) is 10.5. The highest BCUT2D eigenvalue weighted by molar-refractivity contribution is 5.85. The maximum Gasteiger partial charge on any atom is 0.330 e. The van der Waals surface area contributed by atoms with Gasteiger partial charge in [0.15, 0.2) is 0 Å². The Morgan fingerprint density at radius 2 is 0.964 bits per heavy atom. The molecule has 8 nitrogen and oxygen atoms in total. The van der Waals surface area contributed by atoms with Crippen LogP contribution in [0.15, 0.2) is 36.5 Å². The third-order valence-electron chi connectivity index (χ3n) is 2.93. The summed E-state index contributed by atoms with van der Waals surface area (Å²) in [6.45, 7) is 21.5. The first kappa shape index (κ1) is 33.2. The van der Waals surface area contributed by atoms with Crippen LogP contribution < -0.4 is 0 Å². The molecule has 0 spiro atoms. The fraction of sp³-hybridized carbons (Fsp3) is 0.550. The van der Waals surface area contributed by atoms with Crippen LogP contribution in [0.5, 0.6) is 0 Å². The standard InChI is InChI=1S/C8H18O2.3C4H6O2/c1-6(2)7(10)8(3,4)5-9;3*1-3(2)4(5)6/h6-7,9-10H,5H2,1-4H3;3*1H2,2H3,(H,5,6). The summed E-state index contributed by atoms with van der Waals surface area (Å²) in [5.41, 5.74) is 0.161. The van der Waals surface area contributed by atoms with Crippen molar-refractivity contribution in [1.82, 2.24) is 0 Å². The minimum absolute atomic E-state index is 0.0341. The predicted molar refractivity (Wildman–Crippen MR) is 109 cm³/mol. The van der Waals surface area contributed by atoms with Gasteiger partial charge in [-0.1, -0.05) is 47.4 Å². The summed E-state index contributed by atoms with van der Waals surface area (Å²) in [6.07, 6.45) is -0.419. The van der Waals surface area contributed by atoms with Crippen LogP contribution in [0.3, 0.4) is 0 Å². The number of hydrogen-bond donors (Lipinski definition) is 5. The monoisotopic (exact) mass is 404 g/mol. The van der Waals surface area contributed by atoms with E-state index in [1.165, 1.54) is 20.8 Å². The van der Waals surface area contributed by atoms with E-state index in [2.05, 4.69) is 19.7 Å². The van der Waals surface area contributed by atoms with Crippen molar-refractivity contribution in [3.05, 3.63) is 36.5 Å². The molecule has 0 fully saturated rings. The van der Waals surface area contributed by atoms with Crippen molar-refractivity contribution in [2.75, 3.05) is 6.61 Å². The van der Waals surface area contributed by atoms with Crippen LogP contribution in [-0.2, 0) is 14.4 Å². The van der Waals surface area contributed by atoms with Crippen LogP contribution in [0.1, 0.15) is 48.5 Å². The zero-order valence-corrected chi connectivity index (χ0v) is 17.9. The SMILES string of the molecule is C=C(C)C(=O)O.C=C(C)C(=O)O.C=C(C)C(=O)O.CC(C)C(O)C(C)(C)CO. The van der Waals surface area contributed by atoms with Crippen LogP contribution in [0.4, 0.5) is 0 Å². The molecular formula is C20H36O8. The van der Waals surface area contributed by atoms with Gasteiger partial charge in [0.05, 0.1) is 12.7 Å². The van der Waals surface area contributed by atoms with Crippen molar-refractivity contribution >= 4 is 17.9 Å². The van der Waals surface area contributed by atoms with Gasteiger partial charge in [0, 0.05) is 22.1 Å². The van der Waals surface area contributed by atoms with Gasteiger partial charge in [0.2, 0.25) is 0 Å². The Labute approximate surface area is 167 Å². The fourth-order valence-corrected chi connectivity index (χ4v) is 0.996. The Morgan fingerprint density at radius 3 is 1.00 bits per heavy atom. The zero-order chi connectivity index (χ0) is 23.8. The van der Waals surface area contributed by atoms with Crippen LogP contribution >= 0.6 is 0 Å². The molecule has 28 heavy (non-hydrogen) atoms. The fourth-order valence-electron chi connectivity index (χ4n) is 0.996. The molecule has 0 saturated heterocycles. The number of aliphatic hydroxyl groups excluding tert-OH is 2. The van der Waals surface area contributed by atoms with E-state index >= 15 is 0 Å². The highest BCUT2D eigenvalue weighted by atomic mass is 16.4. The quantitative estimate of drug-likeness (QED) is 0.424. The number of aliphatic hydroxyl groups is 2. The zero-order valence-electron chi connectivity index (χ0n) is 17.9. The van der Waals surface area contributed by atoms with Gasteiger partial charge in [0.1, 0.15) is 0 Å². The Balaban J connectivity index is -0.000000142. The molecule has 0 bridgehead atoms. The third-order valence-corrected chi connectivity index (χ3v) is 2.93. The molecule has 1 unspecified atom stereocenters. The number of hydrogen-bond acceptors (Lipinski definition) is 5. The molecule has 0 heterocycles. The average Bonchev–Trinajstić information content (AvgIpc) is 2.55. The molecule has 0 saturated carbocycles. The van der Waals surface area contributed by atoms with Gasteiger partial charge in [-0.3, -0.25) is 0 Å². The lowest BCUT2D eigenvalue weighted by Gasteiger charge is -2.30. The summed E-state index contributed by atoms with van der Waals surface area (Å²) in [6, 6.07) is 0. The molecule has 0 amide bonds. The molecule has 0 aromatic heterocycles. The predicted octanol–water partition coefficient (Wildman–Crippen LogP) is 2.96. The minimum Gasteiger partial charge on any atom is -0.478 e. The van der Waals surface area contributed by atoms with Crippen molar-refractivity contribution in [2.24, 2.45) is 11.3 Å². The highest BCUT2D eigenvalue weighted by Gasteiger charge is 2.28. The Morgan fingerprint density at radius 1 is 0.786 bits per heavy atom. The summed E-state index contributed by atoms with van der Waals surface area (Å²) < 4.78 is 0. The Bertz CT molecular complexity index is 451. The van der Waals surface area contributed by atoms with E-state index in [-0.39, 0.29) is 34.7 Å². The molecule has 5 N–H and O–H groups in total. The molecule has 0 aromatic carbocycles. The number of carboxylic acids is 3. The molecule has 0 aliphatic heterocycles. The van der Waals surface area contributed by atoms with E-state index in [1.807, 2.05) is 27.7 Å². The van der Waals surface area contributed by atoms with Crippen LogP contribution in [0, 0.1) is 11.3 Å². The van der Waals surface area contributed by atoms with Crippen LogP contribution in [0.25, 0.3) is 0 Å². The molecule has 1 atom stereocenters. The maximum atomic E-state index is 9.60. The van der Waals surface area contributed by atoms with Gasteiger partial charge in [0.25, 0.3) is 0 Å². The number of carbonyl (C=O) groups is 3.